The lowest BCUT2D eigenvalue weighted by Gasteiger charge is -2.35. The highest BCUT2D eigenvalue weighted by molar-refractivity contribution is 6.49. The smallest absolute Gasteiger partial charge is 0.448 e. The van der Waals surface area contributed by atoms with E-state index in [2.05, 4.69) is 4.74 Å². The highest BCUT2D eigenvalue weighted by Gasteiger charge is 2.58. The van der Waals surface area contributed by atoms with E-state index in [0.29, 0.717) is 0 Å². The van der Waals surface area contributed by atoms with E-state index in [1.165, 1.54) is 13.8 Å². The molecule has 0 saturated carbocycles. The molecule has 0 N–H and O–H groups in total. The van der Waals surface area contributed by atoms with E-state index in [1.807, 2.05) is 0 Å². The predicted octanol–water partition coefficient (Wildman–Crippen LogP) is 4.23. The molecule has 0 fully saturated rings. The normalized spacial score (nSPS) is 30.3. The summed E-state index contributed by atoms with van der Waals surface area (Å²) in [6, 6.07) is 0. The number of rotatable bonds is 1. The summed E-state index contributed by atoms with van der Waals surface area (Å²) in [5.74, 6) is -1.16. The first kappa shape index (κ1) is 13.3. The summed E-state index contributed by atoms with van der Waals surface area (Å²) < 4.78 is 41.7. The van der Waals surface area contributed by atoms with Crippen LogP contribution in [-0.4, -0.2) is 16.1 Å². The average Bonchev–Trinajstić information content (AvgIpc) is 2.23. The van der Waals surface area contributed by atoms with E-state index >= 15 is 0 Å². The van der Waals surface area contributed by atoms with Gasteiger partial charge in [-0.25, -0.2) is 0 Å². The molecule has 0 bridgehead atoms. The van der Waals surface area contributed by atoms with E-state index in [9.17, 15) is 13.2 Å². The van der Waals surface area contributed by atoms with Crippen LogP contribution in [0.4, 0.5) is 13.2 Å². The third-order valence-corrected chi connectivity index (χ3v) is 3.81. The van der Waals surface area contributed by atoms with Gasteiger partial charge < -0.3 is 4.74 Å². The molecule has 1 rings (SSSR count). The van der Waals surface area contributed by atoms with Gasteiger partial charge in [-0.2, -0.15) is 13.2 Å². The Kier molecular flexibility index (Phi) is 3.19. The lowest BCUT2D eigenvalue weighted by molar-refractivity contribution is -0.140. The Hall–Kier alpha value is 0.200. The van der Waals surface area contributed by atoms with Crippen molar-refractivity contribution in [2.24, 2.45) is 5.41 Å². The molecular formula is C8H8Cl3F3O. The zero-order valence-electron chi connectivity index (χ0n) is 7.83. The summed E-state index contributed by atoms with van der Waals surface area (Å²) in [6.45, 7) is 2.94. The standard InChI is InChI=1S/C8H8Cl3F3O/c1-6(2)3-4(8(12,13)14)15-7(6,11)5(9)10/h3,5H,1-2H3. The molecule has 1 aliphatic rings. The van der Waals surface area contributed by atoms with Crippen molar-refractivity contribution in [3.63, 3.8) is 0 Å². The highest BCUT2D eigenvalue weighted by Crippen LogP contribution is 2.54. The van der Waals surface area contributed by atoms with Crippen molar-refractivity contribution in [3.05, 3.63) is 11.8 Å². The topological polar surface area (TPSA) is 9.23 Å². The third kappa shape index (κ3) is 2.17. The van der Waals surface area contributed by atoms with Gasteiger partial charge in [0.1, 0.15) is 0 Å². The van der Waals surface area contributed by atoms with Crippen LogP contribution in [0, 0.1) is 5.41 Å². The van der Waals surface area contributed by atoms with Crippen LogP contribution in [0.15, 0.2) is 11.8 Å². The Morgan fingerprint density at radius 1 is 1.33 bits per heavy atom. The summed E-state index contributed by atoms with van der Waals surface area (Å²) in [7, 11) is 0. The van der Waals surface area contributed by atoms with Gasteiger partial charge in [0, 0.05) is 5.41 Å². The van der Waals surface area contributed by atoms with E-state index in [1.54, 1.807) is 0 Å². The van der Waals surface area contributed by atoms with Gasteiger partial charge in [0.15, 0.2) is 10.6 Å². The number of halogens is 6. The number of hydrogen-bond donors (Lipinski definition) is 0. The second-order valence-electron chi connectivity index (χ2n) is 3.78. The SMILES string of the molecule is CC1(C)C=C(C(F)(F)F)OC1(Cl)C(Cl)Cl. The van der Waals surface area contributed by atoms with Gasteiger partial charge >= 0.3 is 6.18 Å². The molecular weight excluding hydrogens is 275 g/mol. The fourth-order valence-corrected chi connectivity index (χ4v) is 2.00. The number of ether oxygens (including phenoxy) is 1. The van der Waals surface area contributed by atoms with Crippen molar-refractivity contribution in [2.75, 3.05) is 0 Å². The first-order valence-corrected chi connectivity index (χ1v) is 5.22. The first-order chi connectivity index (χ1) is 6.51. The van der Waals surface area contributed by atoms with Crippen molar-refractivity contribution >= 4 is 34.8 Å². The zero-order valence-corrected chi connectivity index (χ0v) is 10.1. The van der Waals surface area contributed by atoms with E-state index in [0.717, 1.165) is 6.08 Å². The lowest BCUT2D eigenvalue weighted by atomic mass is 9.88. The molecule has 0 aromatic rings. The van der Waals surface area contributed by atoms with Gasteiger partial charge in [-0.1, -0.05) is 48.7 Å². The molecule has 0 radical (unpaired) electrons. The van der Waals surface area contributed by atoms with Crippen molar-refractivity contribution in [1.82, 2.24) is 0 Å². The van der Waals surface area contributed by atoms with Gasteiger partial charge in [-0.15, -0.1) is 0 Å². The molecule has 1 aliphatic heterocycles. The minimum atomic E-state index is -4.59. The minimum Gasteiger partial charge on any atom is -0.463 e. The maximum absolute atomic E-state index is 12.4. The summed E-state index contributed by atoms with van der Waals surface area (Å²) in [4.78, 5) is -1.27. The van der Waals surface area contributed by atoms with E-state index < -0.39 is 27.2 Å². The lowest BCUT2D eigenvalue weighted by Crippen LogP contribution is -2.42. The molecule has 0 amide bonds. The molecule has 1 heterocycles. The molecule has 0 spiro atoms. The van der Waals surface area contributed by atoms with Gasteiger partial charge in [-0.3, -0.25) is 0 Å². The molecule has 7 heteroatoms. The van der Waals surface area contributed by atoms with E-state index in [-0.39, 0.29) is 0 Å². The third-order valence-electron chi connectivity index (χ3n) is 2.19. The maximum atomic E-state index is 12.4. The second-order valence-corrected chi connectivity index (χ2v) is 5.43. The van der Waals surface area contributed by atoms with Crippen LogP contribution in [0.3, 0.4) is 0 Å². The molecule has 1 atom stereocenters. The van der Waals surface area contributed by atoms with Gasteiger partial charge in [-0.05, 0) is 6.08 Å². The quantitative estimate of drug-likeness (QED) is 0.654. The Labute approximate surface area is 100 Å². The predicted molar refractivity (Wildman–Crippen MR) is 53.1 cm³/mol. The first-order valence-electron chi connectivity index (χ1n) is 3.97. The molecule has 1 unspecified atom stereocenters. The fraction of sp³-hybridized carbons (Fsp3) is 0.750. The molecule has 0 saturated heterocycles. The largest absolute Gasteiger partial charge is 0.463 e. The van der Waals surface area contributed by atoms with Crippen LogP contribution in [0.25, 0.3) is 0 Å². The second kappa shape index (κ2) is 3.60. The number of alkyl halides is 6. The van der Waals surface area contributed by atoms with Crippen LogP contribution in [0.2, 0.25) is 0 Å². The molecule has 0 aromatic heterocycles. The number of allylic oxidation sites excluding steroid dienone is 1. The van der Waals surface area contributed by atoms with Crippen LogP contribution >= 0.6 is 34.8 Å². The maximum Gasteiger partial charge on any atom is 0.448 e. The minimum absolute atomic E-state index is 0.887. The van der Waals surface area contributed by atoms with Crippen molar-refractivity contribution < 1.29 is 17.9 Å². The zero-order chi connectivity index (χ0) is 12.1. The Morgan fingerprint density at radius 2 is 1.80 bits per heavy atom. The van der Waals surface area contributed by atoms with Gasteiger partial charge in [0.2, 0.25) is 5.06 Å². The molecule has 1 nitrogen and oxygen atoms in total. The summed E-state index contributed by atoms with van der Waals surface area (Å²) in [5.41, 5.74) is -1.10. The van der Waals surface area contributed by atoms with Gasteiger partial charge in [0.05, 0.1) is 0 Å². The molecule has 15 heavy (non-hydrogen) atoms. The molecule has 88 valence electrons. The fourth-order valence-electron chi connectivity index (χ4n) is 1.21. The summed E-state index contributed by atoms with van der Waals surface area (Å²) in [5, 5.41) is -1.79. The number of hydrogen-bond acceptors (Lipinski definition) is 1. The van der Waals surface area contributed by atoms with Crippen LogP contribution < -0.4 is 0 Å². The monoisotopic (exact) mass is 282 g/mol. The van der Waals surface area contributed by atoms with Crippen LogP contribution in [0.5, 0.6) is 0 Å². The van der Waals surface area contributed by atoms with Crippen molar-refractivity contribution in [3.8, 4) is 0 Å². The van der Waals surface area contributed by atoms with Crippen molar-refractivity contribution in [1.29, 1.82) is 0 Å². The Bertz CT molecular complexity index is 298. The van der Waals surface area contributed by atoms with Crippen molar-refractivity contribution in [2.45, 2.75) is 29.9 Å². The average molecular weight is 284 g/mol. The summed E-state index contributed by atoms with van der Waals surface area (Å²) >= 11 is 16.9. The van der Waals surface area contributed by atoms with Crippen LogP contribution in [-0.2, 0) is 4.74 Å². The summed E-state index contributed by atoms with van der Waals surface area (Å²) in [6.07, 6.45) is -3.70. The highest BCUT2D eigenvalue weighted by atomic mass is 35.5. The Balaban J connectivity index is 3.08. The Morgan fingerprint density at radius 3 is 2.00 bits per heavy atom. The van der Waals surface area contributed by atoms with Gasteiger partial charge in [0.25, 0.3) is 0 Å². The molecule has 0 aromatic carbocycles. The van der Waals surface area contributed by atoms with Crippen LogP contribution in [0.1, 0.15) is 13.8 Å². The molecule has 0 aliphatic carbocycles. The van der Waals surface area contributed by atoms with E-state index in [4.69, 9.17) is 34.8 Å².